The van der Waals surface area contributed by atoms with Crippen LogP contribution >= 0.6 is 12.6 Å². The molecule has 2 atom stereocenters. The van der Waals surface area contributed by atoms with Gasteiger partial charge in [-0.25, -0.2) is 13.1 Å². The zero-order valence-corrected chi connectivity index (χ0v) is 22.0. The van der Waals surface area contributed by atoms with E-state index in [0.29, 0.717) is 42.3 Å². The molecule has 0 saturated carbocycles. The smallest absolute Gasteiger partial charge is 0.264 e. The highest BCUT2D eigenvalue weighted by Crippen LogP contribution is 2.27. The Morgan fingerprint density at radius 2 is 1.69 bits per heavy atom. The Hall–Kier alpha value is -2.40. The van der Waals surface area contributed by atoms with E-state index in [-0.39, 0.29) is 16.8 Å². The molecule has 0 heterocycles. The van der Waals surface area contributed by atoms with Crippen molar-refractivity contribution in [2.75, 3.05) is 12.3 Å². The highest BCUT2D eigenvalue weighted by molar-refractivity contribution is 7.90. The minimum Gasteiger partial charge on any atom is -0.384 e. The lowest BCUT2D eigenvalue weighted by atomic mass is 10.0. The quantitative estimate of drug-likeness (QED) is 0.204. The van der Waals surface area contributed by atoms with Crippen molar-refractivity contribution in [3.05, 3.63) is 54.1 Å². The lowest BCUT2D eigenvalue weighted by molar-refractivity contribution is -0.126. The third-order valence-electron chi connectivity index (χ3n) is 5.26. The Kier molecular flexibility index (Phi) is 11.2. The lowest BCUT2D eigenvalue weighted by Gasteiger charge is -2.18. The minimum absolute atomic E-state index is 0.00644. The van der Waals surface area contributed by atoms with E-state index in [9.17, 15) is 23.1 Å². The van der Waals surface area contributed by atoms with Crippen molar-refractivity contribution in [2.45, 2.75) is 57.2 Å². The van der Waals surface area contributed by atoms with Gasteiger partial charge in [0.1, 0.15) is 6.10 Å². The molecule has 0 radical (unpaired) electrons. The Balaban J connectivity index is 1.96. The van der Waals surface area contributed by atoms with Crippen LogP contribution in [0, 0.1) is 5.92 Å². The van der Waals surface area contributed by atoms with Crippen LogP contribution in [0.4, 0.5) is 0 Å². The summed E-state index contributed by atoms with van der Waals surface area (Å²) in [6.45, 7) is 6.51. The van der Waals surface area contributed by atoms with Gasteiger partial charge in [-0.15, -0.1) is 0 Å². The molecule has 0 fully saturated rings. The van der Waals surface area contributed by atoms with Crippen molar-refractivity contribution in [3.63, 3.8) is 0 Å². The Morgan fingerprint density at radius 3 is 2.29 bits per heavy atom. The van der Waals surface area contributed by atoms with Crippen LogP contribution < -0.4 is 15.4 Å². The van der Waals surface area contributed by atoms with E-state index in [1.54, 1.807) is 30.3 Å². The fourth-order valence-corrected chi connectivity index (χ4v) is 5.02. The van der Waals surface area contributed by atoms with E-state index in [0.717, 1.165) is 12.0 Å². The van der Waals surface area contributed by atoms with E-state index >= 15 is 0 Å². The largest absolute Gasteiger partial charge is 0.384 e. The second kappa shape index (κ2) is 13.6. The molecule has 35 heavy (non-hydrogen) atoms. The van der Waals surface area contributed by atoms with Crippen molar-refractivity contribution in [1.29, 1.82) is 0 Å². The van der Waals surface area contributed by atoms with Crippen LogP contribution in [0.3, 0.4) is 0 Å². The molecule has 2 amide bonds. The molecule has 0 aliphatic rings. The Morgan fingerprint density at radius 1 is 1.03 bits per heavy atom. The van der Waals surface area contributed by atoms with Gasteiger partial charge in [0.25, 0.3) is 15.9 Å². The minimum atomic E-state index is -4.15. The van der Waals surface area contributed by atoms with Gasteiger partial charge in [0, 0.05) is 36.9 Å². The highest BCUT2D eigenvalue weighted by Gasteiger charge is 2.23. The van der Waals surface area contributed by atoms with Crippen LogP contribution in [0.15, 0.2) is 53.4 Å². The van der Waals surface area contributed by atoms with Crippen molar-refractivity contribution in [3.8, 4) is 11.1 Å². The molecule has 2 rings (SSSR count). The fourth-order valence-electron chi connectivity index (χ4n) is 3.50. The van der Waals surface area contributed by atoms with Crippen molar-refractivity contribution >= 4 is 34.5 Å². The molecular weight excluding hydrogens is 486 g/mol. The summed E-state index contributed by atoms with van der Waals surface area (Å²) >= 11 is 4.31. The Bertz CT molecular complexity index is 1090. The number of sulfonamides is 1. The first-order chi connectivity index (χ1) is 16.5. The standard InChI is InChI=1S/C25H35N3O5S2/c1-17(2)14-21(16-34)27-24(30)12-13-26-15-19-8-10-20(11-9-19)22-6-4-5-7-23(22)35(32,33)28-25(31)18(3)29/h4-11,17-18,21,26,29,34H,12-16H2,1-3H3,(H,27,30)(H,28,31)/t18-,21+/m0/s1. The normalized spacial score (nSPS) is 13.3. The van der Waals surface area contributed by atoms with Gasteiger partial charge in [-0.1, -0.05) is 56.3 Å². The molecule has 8 nitrogen and oxygen atoms in total. The number of hydrogen-bond acceptors (Lipinski definition) is 7. The number of aliphatic hydroxyl groups excluding tert-OH is 1. The summed E-state index contributed by atoms with van der Waals surface area (Å²) in [5.74, 6) is 0.105. The van der Waals surface area contributed by atoms with E-state index in [4.69, 9.17) is 0 Å². The Labute approximate surface area is 213 Å². The molecule has 0 aromatic heterocycles. The summed E-state index contributed by atoms with van der Waals surface area (Å²) < 4.78 is 27.3. The summed E-state index contributed by atoms with van der Waals surface area (Å²) in [5, 5.41) is 15.6. The average Bonchev–Trinajstić information content (AvgIpc) is 2.81. The number of thiol groups is 1. The number of benzene rings is 2. The van der Waals surface area contributed by atoms with Crippen molar-refractivity contribution in [2.24, 2.45) is 5.92 Å². The average molecular weight is 522 g/mol. The van der Waals surface area contributed by atoms with Crippen LogP contribution in [0.2, 0.25) is 0 Å². The van der Waals surface area contributed by atoms with Crippen LogP contribution in [-0.4, -0.2) is 49.8 Å². The molecule has 2 aromatic rings. The van der Waals surface area contributed by atoms with Crippen LogP contribution in [0.25, 0.3) is 11.1 Å². The second-order valence-corrected chi connectivity index (χ2v) is 10.9. The molecule has 0 saturated heterocycles. The lowest BCUT2D eigenvalue weighted by Crippen LogP contribution is -2.38. The molecule has 0 aliphatic heterocycles. The molecule has 4 N–H and O–H groups in total. The van der Waals surface area contributed by atoms with Crippen LogP contribution in [0.5, 0.6) is 0 Å². The second-order valence-electron chi connectivity index (χ2n) is 8.84. The summed E-state index contributed by atoms with van der Waals surface area (Å²) in [4.78, 5) is 23.8. The summed E-state index contributed by atoms with van der Waals surface area (Å²) in [6.07, 6.45) is -0.185. The first-order valence-electron chi connectivity index (χ1n) is 11.6. The van der Waals surface area contributed by atoms with Crippen LogP contribution in [-0.2, 0) is 26.2 Å². The first kappa shape index (κ1) is 28.8. The number of carbonyl (C=O) groups excluding carboxylic acids is 2. The molecule has 0 aliphatic carbocycles. The molecule has 0 bridgehead atoms. The molecular formula is C25H35N3O5S2. The third kappa shape index (κ3) is 9.29. The maximum Gasteiger partial charge on any atom is 0.264 e. The fraction of sp³-hybridized carbons (Fsp3) is 0.440. The third-order valence-corrected chi connectivity index (χ3v) is 7.10. The van der Waals surface area contributed by atoms with Gasteiger partial charge in [-0.3, -0.25) is 9.59 Å². The number of nitrogens with one attached hydrogen (secondary N) is 3. The summed E-state index contributed by atoms with van der Waals surface area (Å²) in [6, 6.07) is 13.8. The van der Waals surface area contributed by atoms with Gasteiger partial charge >= 0.3 is 0 Å². The van der Waals surface area contributed by atoms with Crippen molar-refractivity contribution in [1.82, 2.24) is 15.4 Å². The van der Waals surface area contributed by atoms with Crippen LogP contribution in [0.1, 0.15) is 39.2 Å². The summed E-state index contributed by atoms with van der Waals surface area (Å²) in [7, 11) is -4.15. The van der Waals surface area contributed by atoms with Gasteiger partial charge in [-0.05, 0) is 36.5 Å². The molecule has 10 heteroatoms. The molecule has 2 aromatic carbocycles. The number of rotatable bonds is 13. The maximum atomic E-state index is 12.7. The van der Waals surface area contributed by atoms with Gasteiger partial charge in [0.2, 0.25) is 5.91 Å². The molecule has 0 unspecified atom stereocenters. The highest BCUT2D eigenvalue weighted by atomic mass is 32.2. The predicted molar refractivity (Wildman–Crippen MR) is 140 cm³/mol. The molecule has 192 valence electrons. The number of aliphatic hydroxyl groups is 1. The number of amides is 2. The monoisotopic (exact) mass is 521 g/mol. The van der Waals surface area contributed by atoms with E-state index in [2.05, 4.69) is 37.1 Å². The van der Waals surface area contributed by atoms with Gasteiger partial charge < -0.3 is 15.7 Å². The predicted octanol–water partition coefficient (Wildman–Crippen LogP) is 2.48. The molecule has 0 spiro atoms. The van der Waals surface area contributed by atoms with Gasteiger partial charge in [-0.2, -0.15) is 12.6 Å². The van der Waals surface area contributed by atoms with Gasteiger partial charge in [0.15, 0.2) is 0 Å². The number of hydrogen-bond donors (Lipinski definition) is 5. The zero-order chi connectivity index (χ0) is 26.0. The topological polar surface area (TPSA) is 125 Å². The van der Waals surface area contributed by atoms with E-state index < -0.39 is 22.0 Å². The SMILES string of the molecule is CC(C)C[C@H](CS)NC(=O)CCNCc1ccc(-c2ccccc2S(=O)(=O)NC(=O)[C@H](C)O)cc1. The summed E-state index contributed by atoms with van der Waals surface area (Å²) in [5.41, 5.74) is 2.08. The van der Waals surface area contributed by atoms with E-state index in [1.807, 2.05) is 16.9 Å². The van der Waals surface area contributed by atoms with Crippen molar-refractivity contribution < 1.29 is 23.1 Å². The van der Waals surface area contributed by atoms with Gasteiger partial charge in [0.05, 0.1) is 4.90 Å². The number of carbonyl (C=O) groups is 2. The van der Waals surface area contributed by atoms with E-state index in [1.165, 1.54) is 13.0 Å². The zero-order valence-electron chi connectivity index (χ0n) is 20.3. The first-order valence-corrected chi connectivity index (χ1v) is 13.7. The maximum absolute atomic E-state index is 12.7.